The molecule has 0 aromatic heterocycles. The van der Waals surface area contributed by atoms with E-state index in [1.807, 2.05) is 30.3 Å². The molecule has 0 radical (unpaired) electrons. The van der Waals surface area contributed by atoms with E-state index < -0.39 is 0 Å². The summed E-state index contributed by atoms with van der Waals surface area (Å²) in [6.45, 7) is 5.84. The molecule has 0 saturated carbocycles. The van der Waals surface area contributed by atoms with Crippen LogP contribution in [-0.2, 0) is 9.53 Å². The van der Waals surface area contributed by atoms with Gasteiger partial charge in [-0.15, -0.1) is 0 Å². The molecule has 0 saturated heterocycles. The minimum absolute atomic E-state index is 0.00831. The van der Waals surface area contributed by atoms with Crippen LogP contribution < -0.4 is 4.46 Å². The first-order chi connectivity index (χ1) is 8.67. The SMILES string of the molecule is C=C(CO)CC([Se]c1ccccc1)C(=O)OCC. The van der Waals surface area contributed by atoms with Crippen LogP contribution in [0, 0.1) is 0 Å². The van der Waals surface area contributed by atoms with Gasteiger partial charge in [-0.3, -0.25) is 0 Å². The first kappa shape index (κ1) is 15.0. The molecule has 1 unspecified atom stereocenters. The van der Waals surface area contributed by atoms with Crippen molar-refractivity contribution in [2.75, 3.05) is 13.2 Å². The minimum atomic E-state index is -0.209. The molecular formula is C14H18O3Se. The predicted octanol–water partition coefficient (Wildman–Crippen LogP) is 1.31. The number of rotatable bonds is 7. The second-order valence-electron chi connectivity index (χ2n) is 3.78. The van der Waals surface area contributed by atoms with Crippen molar-refractivity contribution < 1.29 is 14.6 Å². The average molecular weight is 313 g/mol. The maximum atomic E-state index is 11.9. The van der Waals surface area contributed by atoms with Crippen molar-refractivity contribution >= 4 is 25.4 Å². The van der Waals surface area contributed by atoms with E-state index in [0.29, 0.717) is 18.6 Å². The summed E-state index contributed by atoms with van der Waals surface area (Å²) in [6.07, 6.45) is 0.490. The Morgan fingerprint density at radius 3 is 2.67 bits per heavy atom. The monoisotopic (exact) mass is 314 g/mol. The summed E-state index contributed by atoms with van der Waals surface area (Å²) in [6, 6.07) is 9.88. The first-order valence-electron chi connectivity index (χ1n) is 5.83. The number of aliphatic hydroxyl groups excluding tert-OH is 1. The van der Waals surface area contributed by atoms with E-state index in [0.717, 1.165) is 4.46 Å². The zero-order valence-electron chi connectivity index (χ0n) is 10.5. The van der Waals surface area contributed by atoms with Crippen molar-refractivity contribution in [2.45, 2.75) is 18.2 Å². The summed E-state index contributed by atoms with van der Waals surface area (Å²) in [5, 5.41) is 9.02. The van der Waals surface area contributed by atoms with Gasteiger partial charge in [-0.2, -0.15) is 0 Å². The van der Waals surface area contributed by atoms with Crippen LogP contribution in [0.5, 0.6) is 0 Å². The van der Waals surface area contributed by atoms with Gasteiger partial charge in [0.25, 0.3) is 0 Å². The van der Waals surface area contributed by atoms with E-state index in [1.54, 1.807) is 6.92 Å². The number of aliphatic hydroxyl groups is 1. The average Bonchev–Trinajstić information content (AvgIpc) is 2.39. The van der Waals surface area contributed by atoms with Crippen LogP contribution in [0.1, 0.15) is 13.3 Å². The Morgan fingerprint density at radius 1 is 1.44 bits per heavy atom. The van der Waals surface area contributed by atoms with Crippen LogP contribution >= 0.6 is 0 Å². The second-order valence-corrected chi connectivity index (χ2v) is 6.46. The van der Waals surface area contributed by atoms with Gasteiger partial charge in [0.1, 0.15) is 0 Å². The van der Waals surface area contributed by atoms with Crippen LogP contribution in [0.2, 0.25) is 4.82 Å². The first-order valence-corrected chi connectivity index (χ1v) is 7.67. The van der Waals surface area contributed by atoms with E-state index in [4.69, 9.17) is 9.84 Å². The van der Waals surface area contributed by atoms with Crippen LogP contribution in [0.25, 0.3) is 0 Å². The van der Waals surface area contributed by atoms with Crippen molar-refractivity contribution in [1.29, 1.82) is 0 Å². The van der Waals surface area contributed by atoms with Gasteiger partial charge >= 0.3 is 114 Å². The Labute approximate surface area is 114 Å². The quantitative estimate of drug-likeness (QED) is 0.469. The molecule has 0 amide bonds. The summed E-state index contributed by atoms with van der Waals surface area (Å²) < 4.78 is 6.22. The van der Waals surface area contributed by atoms with Crippen molar-refractivity contribution in [3.05, 3.63) is 42.5 Å². The standard InChI is InChI=1S/C14H18O3Se/c1-3-17-14(16)13(9-11(2)10-15)18-12-7-5-4-6-8-12/h4-8,13,15H,2-3,9-10H2,1H3. The molecule has 0 aliphatic carbocycles. The molecule has 3 nitrogen and oxygen atoms in total. The molecule has 0 fully saturated rings. The summed E-state index contributed by atoms with van der Waals surface area (Å²) in [4.78, 5) is 11.7. The van der Waals surface area contributed by atoms with Gasteiger partial charge in [0.15, 0.2) is 0 Å². The Bertz CT molecular complexity index is 389. The topological polar surface area (TPSA) is 46.5 Å². The molecule has 1 N–H and O–H groups in total. The fourth-order valence-electron chi connectivity index (χ4n) is 1.40. The summed E-state index contributed by atoms with van der Waals surface area (Å²) >= 11 is -0.00831. The molecule has 18 heavy (non-hydrogen) atoms. The number of benzene rings is 1. The van der Waals surface area contributed by atoms with Gasteiger partial charge in [0, 0.05) is 0 Å². The van der Waals surface area contributed by atoms with Gasteiger partial charge in [-0.1, -0.05) is 0 Å². The van der Waals surface area contributed by atoms with Crippen molar-refractivity contribution in [3.63, 3.8) is 0 Å². The molecule has 0 aliphatic heterocycles. The maximum absolute atomic E-state index is 11.9. The Hall–Kier alpha value is -1.09. The van der Waals surface area contributed by atoms with Crippen LogP contribution in [0.4, 0.5) is 0 Å². The zero-order chi connectivity index (χ0) is 13.4. The molecule has 0 heterocycles. The Morgan fingerprint density at radius 2 is 2.11 bits per heavy atom. The molecule has 1 atom stereocenters. The van der Waals surface area contributed by atoms with Crippen LogP contribution in [0.3, 0.4) is 0 Å². The molecule has 98 valence electrons. The zero-order valence-corrected chi connectivity index (χ0v) is 12.2. The second kappa shape index (κ2) is 8.09. The van der Waals surface area contributed by atoms with Gasteiger partial charge in [-0.05, 0) is 0 Å². The molecule has 1 aromatic carbocycles. The van der Waals surface area contributed by atoms with Crippen molar-refractivity contribution in [1.82, 2.24) is 0 Å². The normalized spacial score (nSPS) is 11.9. The van der Waals surface area contributed by atoms with Gasteiger partial charge in [0.2, 0.25) is 0 Å². The summed E-state index contributed by atoms with van der Waals surface area (Å²) in [5.74, 6) is -0.198. The molecule has 0 bridgehead atoms. The number of carbonyl (C=O) groups excluding carboxylic acids is 1. The van der Waals surface area contributed by atoms with E-state index in [9.17, 15) is 4.79 Å². The van der Waals surface area contributed by atoms with E-state index in [1.165, 1.54) is 0 Å². The van der Waals surface area contributed by atoms with Gasteiger partial charge < -0.3 is 0 Å². The van der Waals surface area contributed by atoms with Gasteiger partial charge in [-0.25, -0.2) is 0 Å². The number of esters is 1. The van der Waals surface area contributed by atoms with E-state index >= 15 is 0 Å². The number of hydrogen-bond donors (Lipinski definition) is 1. The number of hydrogen-bond acceptors (Lipinski definition) is 3. The Balaban J connectivity index is 2.71. The van der Waals surface area contributed by atoms with Crippen LogP contribution in [-0.4, -0.2) is 39.2 Å². The van der Waals surface area contributed by atoms with E-state index in [-0.39, 0.29) is 32.3 Å². The summed E-state index contributed by atoms with van der Waals surface area (Å²) in [5.41, 5.74) is 0.672. The Kier molecular flexibility index (Phi) is 6.73. The summed E-state index contributed by atoms with van der Waals surface area (Å²) in [7, 11) is 0. The van der Waals surface area contributed by atoms with E-state index in [2.05, 4.69) is 6.58 Å². The van der Waals surface area contributed by atoms with Crippen molar-refractivity contribution in [2.24, 2.45) is 0 Å². The molecule has 1 aromatic rings. The third-order valence-electron chi connectivity index (χ3n) is 2.27. The number of ether oxygens (including phenoxy) is 1. The molecule has 4 heteroatoms. The van der Waals surface area contributed by atoms with Crippen molar-refractivity contribution in [3.8, 4) is 0 Å². The predicted molar refractivity (Wildman–Crippen MR) is 73.1 cm³/mol. The molecule has 0 spiro atoms. The van der Waals surface area contributed by atoms with Gasteiger partial charge in [0.05, 0.1) is 0 Å². The fourth-order valence-corrected chi connectivity index (χ4v) is 3.76. The number of carbonyl (C=O) groups is 1. The fraction of sp³-hybridized carbons (Fsp3) is 0.357. The van der Waals surface area contributed by atoms with Crippen LogP contribution in [0.15, 0.2) is 42.5 Å². The third kappa shape index (κ3) is 5.05. The molecule has 0 aliphatic rings. The molecular weight excluding hydrogens is 295 g/mol. The third-order valence-corrected chi connectivity index (χ3v) is 4.76. The molecule has 1 rings (SSSR count).